The van der Waals surface area contributed by atoms with Crippen LogP contribution in [-0.4, -0.2) is 12.5 Å². The van der Waals surface area contributed by atoms with Crippen LogP contribution in [0.4, 0.5) is 17.1 Å². The van der Waals surface area contributed by atoms with Crippen LogP contribution in [0.3, 0.4) is 0 Å². The lowest BCUT2D eigenvalue weighted by molar-refractivity contribution is 1.28. The maximum absolute atomic E-state index is 2.51. The van der Waals surface area contributed by atoms with Gasteiger partial charge in [-0.25, -0.2) is 0 Å². The van der Waals surface area contributed by atoms with Gasteiger partial charge in [0.15, 0.2) is 0 Å². The Kier molecular flexibility index (Phi) is 6.58. The Morgan fingerprint density at radius 3 is 1.92 bits per heavy atom. The Balaban J connectivity index is 1.14. The lowest BCUT2D eigenvalue weighted by atomic mass is 10.00. The highest BCUT2D eigenvalue weighted by molar-refractivity contribution is 8.33. The summed E-state index contributed by atoms with van der Waals surface area (Å²) in [7, 11) is -1.27. The van der Waals surface area contributed by atoms with E-state index >= 15 is 0 Å². The molecule has 2 aromatic heterocycles. The second-order valence-electron chi connectivity index (χ2n) is 14.1. The van der Waals surface area contributed by atoms with Gasteiger partial charge in [-0.1, -0.05) is 109 Å². The maximum atomic E-state index is 2.51. The molecule has 8 aromatic carbocycles. The van der Waals surface area contributed by atoms with Crippen molar-refractivity contribution >= 4 is 101 Å². The first-order chi connectivity index (χ1) is 25.5. The maximum Gasteiger partial charge on any atom is 0.0640 e. The normalized spacial score (nSPS) is 14.0. The third-order valence-electron chi connectivity index (χ3n) is 10.9. The Morgan fingerprint density at radius 2 is 1.10 bits per heavy atom. The van der Waals surface area contributed by atoms with Gasteiger partial charge in [-0.3, -0.25) is 0 Å². The van der Waals surface area contributed by atoms with Crippen LogP contribution in [0.15, 0.2) is 174 Å². The molecule has 0 saturated carbocycles. The molecular formula is C48H33NS3. The number of anilines is 3. The van der Waals surface area contributed by atoms with Crippen molar-refractivity contribution in [2.24, 2.45) is 0 Å². The molecule has 1 aliphatic rings. The van der Waals surface area contributed by atoms with Crippen LogP contribution >= 0.6 is 32.7 Å². The zero-order valence-electron chi connectivity index (χ0n) is 28.8. The quantitative estimate of drug-likeness (QED) is 0.175. The standard InChI is InChI=1S/C48H33NS3/c1-52(2)44-26-25-39-37-16-6-8-20-43(37)51-48(39)46(44)40-24-23-35(29-45(40)52)49(41-18-10-17-38-36-15-5-7-19-42(36)50-47(38)41)34-14-9-13-32(28-34)33-22-21-30-11-3-4-12-31(30)27-33/h3-29H,1-2H3. The second-order valence-corrected chi connectivity index (χ2v) is 19.8. The van der Waals surface area contributed by atoms with Gasteiger partial charge in [0.05, 0.1) is 10.4 Å². The number of hydrogen-bond acceptors (Lipinski definition) is 3. The molecular weight excluding hydrogens is 687 g/mol. The van der Waals surface area contributed by atoms with Gasteiger partial charge < -0.3 is 4.90 Å². The predicted molar refractivity (Wildman–Crippen MR) is 231 cm³/mol. The van der Waals surface area contributed by atoms with E-state index in [9.17, 15) is 0 Å². The average molecular weight is 720 g/mol. The summed E-state index contributed by atoms with van der Waals surface area (Å²) >= 11 is 3.83. The molecule has 10 aromatic rings. The molecule has 3 heterocycles. The highest BCUT2D eigenvalue weighted by atomic mass is 32.3. The number of hydrogen-bond donors (Lipinski definition) is 0. The van der Waals surface area contributed by atoms with Gasteiger partial charge in [-0.2, -0.15) is 10.0 Å². The van der Waals surface area contributed by atoms with Crippen LogP contribution in [-0.2, 0) is 0 Å². The molecule has 0 radical (unpaired) electrons. The molecule has 0 aliphatic carbocycles. The van der Waals surface area contributed by atoms with E-state index in [4.69, 9.17) is 0 Å². The number of rotatable bonds is 4. The van der Waals surface area contributed by atoms with Crippen LogP contribution in [0.2, 0.25) is 0 Å². The molecule has 1 nitrogen and oxygen atoms in total. The third kappa shape index (κ3) is 4.42. The summed E-state index contributed by atoms with van der Waals surface area (Å²) in [5.41, 5.74) is 8.83. The smallest absolute Gasteiger partial charge is 0.0640 e. The molecule has 0 amide bonds. The summed E-state index contributed by atoms with van der Waals surface area (Å²) in [6.45, 7) is 0. The lowest BCUT2D eigenvalue weighted by Gasteiger charge is -2.31. The lowest BCUT2D eigenvalue weighted by Crippen LogP contribution is -2.10. The summed E-state index contributed by atoms with van der Waals surface area (Å²) in [6.07, 6.45) is 4.97. The zero-order valence-corrected chi connectivity index (χ0v) is 31.2. The molecule has 1 aliphatic heterocycles. The molecule has 0 unspecified atom stereocenters. The van der Waals surface area contributed by atoms with E-state index in [0.29, 0.717) is 0 Å². The van der Waals surface area contributed by atoms with Gasteiger partial charge >= 0.3 is 0 Å². The Labute approximate surface area is 312 Å². The minimum Gasteiger partial charge on any atom is -0.309 e. The van der Waals surface area contributed by atoms with E-state index in [1.54, 1.807) is 0 Å². The zero-order chi connectivity index (χ0) is 34.6. The van der Waals surface area contributed by atoms with Crippen molar-refractivity contribution in [1.82, 2.24) is 0 Å². The summed E-state index contributed by atoms with van der Waals surface area (Å²) in [5, 5.41) is 7.87. The van der Waals surface area contributed by atoms with Gasteiger partial charge in [0, 0.05) is 62.4 Å². The van der Waals surface area contributed by atoms with Crippen LogP contribution in [0.25, 0.3) is 73.4 Å². The fourth-order valence-corrected chi connectivity index (χ4v) is 13.4. The number of thiophene rings is 2. The van der Waals surface area contributed by atoms with E-state index < -0.39 is 10.0 Å². The topological polar surface area (TPSA) is 3.24 Å². The van der Waals surface area contributed by atoms with Crippen molar-refractivity contribution in [3.63, 3.8) is 0 Å². The van der Waals surface area contributed by atoms with Gasteiger partial charge in [0.1, 0.15) is 0 Å². The van der Waals surface area contributed by atoms with E-state index in [0.717, 1.165) is 5.69 Å². The molecule has 0 spiro atoms. The second kappa shape index (κ2) is 11.3. The van der Waals surface area contributed by atoms with Crippen LogP contribution in [0, 0.1) is 0 Å². The van der Waals surface area contributed by atoms with Gasteiger partial charge in [-0.05, 0) is 94.6 Å². The Hall–Kier alpha value is -5.39. The summed E-state index contributed by atoms with van der Waals surface area (Å²) in [4.78, 5) is 5.47. The van der Waals surface area contributed by atoms with Crippen molar-refractivity contribution < 1.29 is 0 Å². The van der Waals surface area contributed by atoms with Crippen molar-refractivity contribution in [3.05, 3.63) is 164 Å². The van der Waals surface area contributed by atoms with Gasteiger partial charge in [0.25, 0.3) is 0 Å². The molecule has 0 N–H and O–H groups in total. The minimum absolute atomic E-state index is 1.16. The van der Waals surface area contributed by atoms with E-state index in [-0.39, 0.29) is 0 Å². The molecule has 0 fully saturated rings. The van der Waals surface area contributed by atoms with Crippen molar-refractivity contribution in [2.75, 3.05) is 17.4 Å². The minimum atomic E-state index is -1.27. The van der Waals surface area contributed by atoms with Gasteiger partial charge in [-0.15, -0.1) is 22.7 Å². The predicted octanol–water partition coefficient (Wildman–Crippen LogP) is 15.2. The molecule has 52 heavy (non-hydrogen) atoms. The van der Waals surface area contributed by atoms with Crippen molar-refractivity contribution in [2.45, 2.75) is 9.79 Å². The first-order valence-electron chi connectivity index (χ1n) is 17.6. The van der Waals surface area contributed by atoms with E-state index in [1.807, 2.05) is 22.7 Å². The average Bonchev–Trinajstić information content (AvgIpc) is 3.83. The number of nitrogens with zero attached hydrogens (tertiary/aromatic N) is 1. The monoisotopic (exact) mass is 719 g/mol. The summed E-state index contributed by atoms with van der Waals surface area (Å²) in [6, 6.07) is 61.1. The first kappa shape index (κ1) is 30.3. The third-order valence-corrected chi connectivity index (χ3v) is 16.2. The van der Waals surface area contributed by atoms with Crippen molar-refractivity contribution in [3.8, 4) is 22.3 Å². The molecule has 0 atom stereocenters. The highest BCUT2D eigenvalue weighted by Crippen LogP contribution is 2.69. The molecule has 11 rings (SSSR count). The fraction of sp³-hybridized carbons (Fsp3) is 0.0417. The first-order valence-corrected chi connectivity index (χ1v) is 21.7. The van der Waals surface area contributed by atoms with Crippen LogP contribution < -0.4 is 4.90 Å². The van der Waals surface area contributed by atoms with Crippen LogP contribution in [0.5, 0.6) is 0 Å². The Bertz CT molecular complexity index is 3070. The number of fused-ring (bicyclic) bond motifs is 11. The summed E-state index contributed by atoms with van der Waals surface area (Å²) < 4.78 is 5.40. The molecule has 0 saturated heterocycles. The highest BCUT2D eigenvalue weighted by Gasteiger charge is 2.35. The Morgan fingerprint density at radius 1 is 0.442 bits per heavy atom. The SMILES string of the molecule is CS1(C)c2cc(N(c3cccc(-c4ccc5ccccc5c4)c3)c3cccc4c3sc3ccccc34)ccc2-c2c1ccc1c2sc2ccccc21. The van der Waals surface area contributed by atoms with Crippen LogP contribution in [0.1, 0.15) is 0 Å². The molecule has 0 bridgehead atoms. The number of benzene rings is 8. The van der Waals surface area contributed by atoms with E-state index in [1.165, 1.54) is 94.5 Å². The molecule has 4 heteroatoms. The largest absolute Gasteiger partial charge is 0.309 e. The van der Waals surface area contributed by atoms with Crippen molar-refractivity contribution in [1.29, 1.82) is 0 Å². The van der Waals surface area contributed by atoms with Gasteiger partial charge in [0.2, 0.25) is 0 Å². The molecule has 248 valence electrons. The summed E-state index contributed by atoms with van der Waals surface area (Å²) in [5.74, 6) is 0. The fourth-order valence-electron chi connectivity index (χ4n) is 8.38. The van der Waals surface area contributed by atoms with E-state index in [2.05, 4.69) is 181 Å².